The van der Waals surface area contributed by atoms with E-state index in [9.17, 15) is 9.90 Å². The number of rotatable bonds is 1. The summed E-state index contributed by atoms with van der Waals surface area (Å²) in [5.74, 6) is 3.31. The van der Waals surface area contributed by atoms with Crippen LogP contribution in [0.3, 0.4) is 0 Å². The Morgan fingerprint density at radius 1 is 1.13 bits per heavy atom. The molecule has 2 heteroatoms. The van der Waals surface area contributed by atoms with Crippen molar-refractivity contribution in [3.05, 3.63) is 11.6 Å². The Morgan fingerprint density at radius 2 is 1.91 bits per heavy atom. The Labute approximate surface area is 140 Å². The molecule has 0 radical (unpaired) electrons. The third-order valence-corrected chi connectivity index (χ3v) is 8.60. The third kappa shape index (κ3) is 2.13. The van der Waals surface area contributed by atoms with Gasteiger partial charge < -0.3 is 5.11 Å². The van der Waals surface area contributed by atoms with Crippen molar-refractivity contribution in [2.24, 2.45) is 34.5 Å². The van der Waals surface area contributed by atoms with Gasteiger partial charge in [0.05, 0.1) is 6.10 Å². The van der Waals surface area contributed by atoms with E-state index in [1.54, 1.807) is 6.92 Å². The van der Waals surface area contributed by atoms with Gasteiger partial charge in [-0.3, -0.25) is 4.79 Å². The summed E-state index contributed by atoms with van der Waals surface area (Å²) in [6.45, 7) is 6.65. The molecule has 4 aliphatic carbocycles. The number of aliphatic hydroxyl groups excluding tert-OH is 1. The lowest BCUT2D eigenvalue weighted by Crippen LogP contribution is -2.53. The summed E-state index contributed by atoms with van der Waals surface area (Å²) in [7, 11) is 0. The molecule has 0 bridgehead atoms. The topological polar surface area (TPSA) is 37.3 Å². The first-order valence-corrected chi connectivity index (χ1v) is 9.76. The fourth-order valence-corrected chi connectivity index (χ4v) is 7.35. The second-order valence-electron chi connectivity index (χ2n) is 9.45. The molecule has 2 nitrogen and oxygen atoms in total. The van der Waals surface area contributed by atoms with Gasteiger partial charge in [0.25, 0.3) is 0 Å². The van der Waals surface area contributed by atoms with Crippen LogP contribution < -0.4 is 0 Å². The van der Waals surface area contributed by atoms with Crippen molar-refractivity contribution in [1.82, 2.24) is 0 Å². The molecule has 0 unspecified atom stereocenters. The SMILES string of the molecule is CC(=O)C1=CC[C@@H]2[C@H]3CC[C@@H]4C[C@@H](O)CC[C@]4(C)[C@@H]3CC[C@]12C. The minimum Gasteiger partial charge on any atom is -0.393 e. The molecule has 128 valence electrons. The molecule has 3 fully saturated rings. The van der Waals surface area contributed by atoms with Crippen LogP contribution in [0.15, 0.2) is 11.6 Å². The van der Waals surface area contributed by atoms with Gasteiger partial charge >= 0.3 is 0 Å². The summed E-state index contributed by atoms with van der Waals surface area (Å²) in [6, 6.07) is 0. The summed E-state index contributed by atoms with van der Waals surface area (Å²) in [4.78, 5) is 12.1. The Balaban J connectivity index is 1.62. The summed E-state index contributed by atoms with van der Waals surface area (Å²) >= 11 is 0. The van der Waals surface area contributed by atoms with Crippen LogP contribution in [-0.4, -0.2) is 17.0 Å². The third-order valence-electron chi connectivity index (χ3n) is 8.60. The molecule has 0 heterocycles. The molecule has 0 aromatic carbocycles. The summed E-state index contributed by atoms with van der Waals surface area (Å²) in [5, 5.41) is 10.1. The van der Waals surface area contributed by atoms with Gasteiger partial charge in [0.1, 0.15) is 0 Å². The molecule has 0 spiro atoms. The molecule has 7 atom stereocenters. The number of carbonyl (C=O) groups is 1. The number of carbonyl (C=O) groups excluding carboxylic acids is 1. The number of fused-ring (bicyclic) bond motifs is 5. The monoisotopic (exact) mass is 316 g/mol. The minimum atomic E-state index is -0.0593. The summed E-state index contributed by atoms with van der Waals surface area (Å²) < 4.78 is 0. The quantitative estimate of drug-likeness (QED) is 0.772. The first-order valence-electron chi connectivity index (χ1n) is 9.76. The predicted molar refractivity (Wildman–Crippen MR) is 91.9 cm³/mol. The van der Waals surface area contributed by atoms with E-state index in [1.807, 2.05) is 0 Å². The van der Waals surface area contributed by atoms with Gasteiger partial charge in [-0.1, -0.05) is 19.9 Å². The Kier molecular flexibility index (Phi) is 3.58. The number of hydrogen-bond acceptors (Lipinski definition) is 2. The first-order chi connectivity index (χ1) is 10.9. The van der Waals surface area contributed by atoms with Gasteiger partial charge in [0, 0.05) is 0 Å². The molecule has 0 aliphatic heterocycles. The van der Waals surface area contributed by atoms with Crippen molar-refractivity contribution in [3.8, 4) is 0 Å². The van der Waals surface area contributed by atoms with E-state index in [2.05, 4.69) is 19.9 Å². The van der Waals surface area contributed by atoms with Gasteiger partial charge in [-0.05, 0) is 98.4 Å². The zero-order chi connectivity index (χ0) is 16.4. The number of ketones is 1. The van der Waals surface area contributed by atoms with Crippen LogP contribution in [0, 0.1) is 34.5 Å². The predicted octanol–water partition coefficient (Wildman–Crippen LogP) is 4.52. The molecule has 4 rings (SSSR count). The highest BCUT2D eigenvalue weighted by Crippen LogP contribution is 2.66. The average molecular weight is 316 g/mol. The average Bonchev–Trinajstić information content (AvgIpc) is 2.85. The fourth-order valence-electron chi connectivity index (χ4n) is 7.35. The Bertz CT molecular complexity index is 550. The van der Waals surface area contributed by atoms with Crippen LogP contribution in [0.1, 0.15) is 72.1 Å². The normalized spacial score (nSPS) is 52.2. The molecule has 4 aliphatic rings. The molecular formula is C21H32O2. The van der Waals surface area contributed by atoms with Crippen LogP contribution in [0.25, 0.3) is 0 Å². The Morgan fingerprint density at radius 3 is 2.65 bits per heavy atom. The molecular weight excluding hydrogens is 284 g/mol. The summed E-state index contributed by atoms with van der Waals surface area (Å²) in [6.07, 6.45) is 11.6. The van der Waals surface area contributed by atoms with Gasteiger partial charge in [0.2, 0.25) is 0 Å². The maximum absolute atomic E-state index is 12.1. The fraction of sp³-hybridized carbons (Fsp3) is 0.857. The van der Waals surface area contributed by atoms with Crippen molar-refractivity contribution in [3.63, 3.8) is 0 Å². The highest BCUT2D eigenvalue weighted by molar-refractivity contribution is 5.95. The molecule has 0 amide bonds. The number of hydrogen-bond donors (Lipinski definition) is 1. The van der Waals surface area contributed by atoms with Crippen molar-refractivity contribution in [1.29, 1.82) is 0 Å². The van der Waals surface area contributed by atoms with Crippen molar-refractivity contribution >= 4 is 5.78 Å². The standard InChI is InChI=1S/C21H32O2/c1-13(22)17-6-7-18-16-5-4-14-12-15(23)8-10-20(14,2)19(16)9-11-21(17,18)3/h6,14-16,18-19,23H,4-5,7-12H2,1-3H3/t14-,15+,16-,18-,19-,20+,21-/m1/s1. The second-order valence-corrected chi connectivity index (χ2v) is 9.45. The lowest BCUT2D eigenvalue weighted by atomic mass is 9.44. The second kappa shape index (κ2) is 5.18. The summed E-state index contributed by atoms with van der Waals surface area (Å²) in [5.41, 5.74) is 1.71. The zero-order valence-corrected chi connectivity index (χ0v) is 15.0. The van der Waals surface area contributed by atoms with Crippen LogP contribution >= 0.6 is 0 Å². The lowest BCUT2D eigenvalue weighted by Gasteiger charge is -2.60. The zero-order valence-electron chi connectivity index (χ0n) is 15.0. The van der Waals surface area contributed by atoms with Gasteiger partial charge in [-0.2, -0.15) is 0 Å². The highest BCUT2D eigenvalue weighted by atomic mass is 16.3. The molecule has 0 aromatic heterocycles. The molecule has 0 aromatic rings. The first kappa shape index (κ1) is 15.9. The largest absolute Gasteiger partial charge is 0.393 e. The van der Waals surface area contributed by atoms with E-state index >= 15 is 0 Å². The van der Waals surface area contributed by atoms with Crippen molar-refractivity contribution in [2.45, 2.75) is 78.2 Å². The van der Waals surface area contributed by atoms with E-state index in [1.165, 1.54) is 32.1 Å². The van der Waals surface area contributed by atoms with Gasteiger partial charge in [-0.25, -0.2) is 0 Å². The van der Waals surface area contributed by atoms with E-state index < -0.39 is 0 Å². The lowest BCUT2D eigenvalue weighted by molar-refractivity contribution is -0.124. The number of aliphatic hydroxyl groups is 1. The van der Waals surface area contributed by atoms with E-state index in [0.29, 0.717) is 17.1 Å². The van der Waals surface area contributed by atoms with Crippen LogP contribution in [0.4, 0.5) is 0 Å². The van der Waals surface area contributed by atoms with E-state index in [4.69, 9.17) is 0 Å². The maximum Gasteiger partial charge on any atom is 0.156 e. The van der Waals surface area contributed by atoms with E-state index in [0.717, 1.165) is 42.6 Å². The molecule has 23 heavy (non-hydrogen) atoms. The maximum atomic E-state index is 12.1. The molecule has 0 saturated heterocycles. The van der Waals surface area contributed by atoms with Gasteiger partial charge in [0.15, 0.2) is 5.78 Å². The van der Waals surface area contributed by atoms with Crippen LogP contribution in [0.5, 0.6) is 0 Å². The smallest absolute Gasteiger partial charge is 0.156 e. The van der Waals surface area contributed by atoms with Gasteiger partial charge in [-0.15, -0.1) is 0 Å². The highest BCUT2D eigenvalue weighted by Gasteiger charge is 2.58. The molecule has 3 saturated carbocycles. The van der Waals surface area contributed by atoms with Crippen molar-refractivity contribution in [2.75, 3.05) is 0 Å². The van der Waals surface area contributed by atoms with Crippen LogP contribution in [0.2, 0.25) is 0 Å². The van der Waals surface area contributed by atoms with E-state index in [-0.39, 0.29) is 11.5 Å². The number of Topliss-reactive ketones (excluding diaryl/α,β-unsaturated/α-hetero) is 1. The molecule has 1 N–H and O–H groups in total. The Hall–Kier alpha value is -0.630. The van der Waals surface area contributed by atoms with Crippen LogP contribution in [-0.2, 0) is 4.79 Å². The number of allylic oxidation sites excluding steroid dienone is 2. The van der Waals surface area contributed by atoms with Crippen molar-refractivity contribution < 1.29 is 9.90 Å². The minimum absolute atomic E-state index is 0.0593.